The van der Waals surface area contributed by atoms with Gasteiger partial charge in [-0.15, -0.1) is 0 Å². The molecule has 11 heteroatoms. The first kappa shape index (κ1) is 25.3. The van der Waals surface area contributed by atoms with Crippen LogP contribution in [0.1, 0.15) is 60.8 Å². The summed E-state index contributed by atoms with van der Waals surface area (Å²) in [6.07, 6.45) is 10.4. The predicted octanol–water partition coefficient (Wildman–Crippen LogP) is 3.52. The number of fused-ring (bicyclic) bond motifs is 1. The van der Waals surface area contributed by atoms with E-state index in [0.29, 0.717) is 17.5 Å². The second-order valence-electron chi connectivity index (χ2n) is 9.48. The summed E-state index contributed by atoms with van der Waals surface area (Å²) >= 11 is 0. The van der Waals surface area contributed by atoms with Gasteiger partial charge in [0, 0.05) is 24.0 Å². The normalized spacial score (nSPS) is 16.7. The van der Waals surface area contributed by atoms with E-state index in [0.717, 1.165) is 48.8 Å². The second kappa shape index (κ2) is 9.81. The predicted molar refractivity (Wildman–Crippen MR) is 137 cm³/mol. The molecule has 9 nitrogen and oxygen atoms in total. The van der Waals surface area contributed by atoms with Crippen molar-refractivity contribution in [1.82, 2.24) is 19.5 Å². The first-order chi connectivity index (χ1) is 16.9. The fourth-order valence-electron chi connectivity index (χ4n) is 4.95. The van der Waals surface area contributed by atoms with Gasteiger partial charge in [0.1, 0.15) is 0 Å². The molecule has 3 aromatic rings. The number of benzene rings is 1. The first-order valence-corrected chi connectivity index (χ1v) is 13.5. The number of methoxy groups -OCH3 is 1. The Morgan fingerprint density at radius 3 is 2.61 bits per heavy atom. The molecule has 0 atom stereocenters. The molecule has 2 fully saturated rings. The maximum atomic E-state index is 13.0. The van der Waals surface area contributed by atoms with Gasteiger partial charge in [-0.25, -0.2) is 14.5 Å². The standard InChI is InChI=1S/C25H27N5O4S.Na.H/c1-34-22-13-16(9-11-26-22)21-14-20(15-5-6-15)18-3-2-4-19(18)24(21)27-25(31)29-35(32,33)23-10-12-30(28-23)17-7-8-17;;/h9-15,17H,2-8H2,1H3,(H2,27,29,31);;. The number of nitrogens with one attached hydrogen (secondary N) is 2. The van der Waals surface area contributed by atoms with Crippen molar-refractivity contribution < 1.29 is 17.9 Å². The molecule has 2 amide bonds. The van der Waals surface area contributed by atoms with Crippen LogP contribution in [-0.2, 0) is 22.9 Å². The topological polar surface area (TPSA) is 115 Å². The van der Waals surface area contributed by atoms with Crippen LogP contribution in [0.3, 0.4) is 0 Å². The number of sulfonamides is 1. The number of aromatic nitrogens is 3. The third kappa shape index (κ3) is 4.91. The average molecular weight is 518 g/mol. The van der Waals surface area contributed by atoms with Crippen LogP contribution in [0.15, 0.2) is 41.7 Å². The van der Waals surface area contributed by atoms with Crippen molar-refractivity contribution in [3.8, 4) is 17.0 Å². The van der Waals surface area contributed by atoms with Crippen LogP contribution < -0.4 is 14.8 Å². The summed E-state index contributed by atoms with van der Waals surface area (Å²) in [6.45, 7) is 0. The summed E-state index contributed by atoms with van der Waals surface area (Å²) in [4.78, 5) is 17.2. The van der Waals surface area contributed by atoms with Crippen molar-refractivity contribution in [3.63, 3.8) is 0 Å². The number of ether oxygens (including phenoxy) is 1. The molecular weight excluding hydrogens is 489 g/mol. The summed E-state index contributed by atoms with van der Waals surface area (Å²) in [5.74, 6) is 1.02. The van der Waals surface area contributed by atoms with Gasteiger partial charge in [0.05, 0.1) is 18.8 Å². The fraction of sp³-hybridized carbons (Fsp3) is 0.400. The Labute approximate surface area is 232 Å². The minimum atomic E-state index is -4.10. The summed E-state index contributed by atoms with van der Waals surface area (Å²) < 4.78 is 34.8. The van der Waals surface area contributed by atoms with Crippen LogP contribution in [-0.4, -0.2) is 65.9 Å². The third-order valence-corrected chi connectivity index (χ3v) is 8.18. The van der Waals surface area contributed by atoms with E-state index in [-0.39, 0.29) is 40.6 Å². The Kier molecular flexibility index (Phi) is 6.88. The number of amides is 2. The maximum absolute atomic E-state index is 13.0. The second-order valence-corrected chi connectivity index (χ2v) is 11.1. The summed E-state index contributed by atoms with van der Waals surface area (Å²) in [7, 11) is -2.54. The van der Waals surface area contributed by atoms with E-state index in [4.69, 9.17) is 4.74 Å². The number of hydrogen-bond acceptors (Lipinski definition) is 6. The van der Waals surface area contributed by atoms with Crippen molar-refractivity contribution in [2.24, 2.45) is 0 Å². The average Bonchev–Trinajstić information content (AvgIpc) is 3.77. The van der Waals surface area contributed by atoms with Gasteiger partial charge in [-0.2, -0.15) is 13.5 Å². The van der Waals surface area contributed by atoms with Gasteiger partial charge in [-0.1, -0.05) is 0 Å². The SMILES string of the molecule is COc1cc(-c2cc(C3CC3)c3c(c2NC(=O)NS(=O)(=O)c2ccn(C4CC4)n2)CCC3)ccn1.[NaH]. The van der Waals surface area contributed by atoms with E-state index in [1.54, 1.807) is 24.2 Å². The third-order valence-electron chi connectivity index (χ3n) is 6.96. The number of urea groups is 1. The zero-order valence-electron chi connectivity index (χ0n) is 19.5. The zero-order valence-corrected chi connectivity index (χ0v) is 20.3. The van der Waals surface area contributed by atoms with E-state index >= 15 is 0 Å². The molecule has 0 aliphatic heterocycles. The number of carbonyl (C=O) groups excluding carboxylic acids is 1. The van der Waals surface area contributed by atoms with Gasteiger partial charge in [0.25, 0.3) is 10.0 Å². The number of pyridine rings is 1. The molecule has 0 bridgehead atoms. The Bertz CT molecular complexity index is 1430. The van der Waals surface area contributed by atoms with Gasteiger partial charge < -0.3 is 10.1 Å². The van der Waals surface area contributed by atoms with Gasteiger partial charge in [-0.05, 0) is 91.3 Å². The van der Waals surface area contributed by atoms with Crippen LogP contribution in [0.2, 0.25) is 0 Å². The molecule has 1 aromatic carbocycles. The van der Waals surface area contributed by atoms with Gasteiger partial charge in [-0.3, -0.25) is 4.68 Å². The van der Waals surface area contributed by atoms with Gasteiger partial charge in [0.2, 0.25) is 5.88 Å². The van der Waals surface area contributed by atoms with Crippen LogP contribution in [0.25, 0.3) is 11.1 Å². The van der Waals surface area contributed by atoms with E-state index in [2.05, 4.69) is 26.2 Å². The van der Waals surface area contributed by atoms with Crippen LogP contribution in [0, 0.1) is 0 Å². The molecule has 2 saturated carbocycles. The molecule has 2 heterocycles. The quantitative estimate of drug-likeness (QED) is 0.464. The van der Waals surface area contributed by atoms with E-state index in [9.17, 15) is 13.2 Å². The molecule has 0 radical (unpaired) electrons. The van der Waals surface area contributed by atoms with Crippen molar-refractivity contribution in [3.05, 3.63) is 53.3 Å². The molecule has 2 N–H and O–H groups in total. The molecule has 0 saturated heterocycles. The van der Waals surface area contributed by atoms with Gasteiger partial charge in [0.15, 0.2) is 5.03 Å². The number of nitrogens with zero attached hydrogens (tertiary/aromatic N) is 3. The molecule has 2 aromatic heterocycles. The minimum absolute atomic E-state index is 0. The Balaban J connectivity index is 0.00000267. The molecule has 3 aliphatic rings. The van der Waals surface area contributed by atoms with Crippen molar-refractivity contribution in [2.75, 3.05) is 12.4 Å². The van der Waals surface area contributed by atoms with E-state index < -0.39 is 16.1 Å². The van der Waals surface area contributed by atoms with E-state index in [1.807, 2.05) is 12.1 Å². The summed E-state index contributed by atoms with van der Waals surface area (Å²) in [6, 6.07) is 6.72. The van der Waals surface area contributed by atoms with E-state index in [1.165, 1.54) is 30.0 Å². The van der Waals surface area contributed by atoms with Crippen LogP contribution in [0.5, 0.6) is 5.88 Å². The Morgan fingerprint density at radius 2 is 1.89 bits per heavy atom. The summed E-state index contributed by atoms with van der Waals surface area (Å²) in [5, 5.41) is 6.87. The first-order valence-electron chi connectivity index (χ1n) is 12.0. The Morgan fingerprint density at radius 1 is 1.11 bits per heavy atom. The molecule has 3 aliphatic carbocycles. The summed E-state index contributed by atoms with van der Waals surface area (Å²) in [5.41, 5.74) is 6.07. The molecule has 36 heavy (non-hydrogen) atoms. The number of hydrogen-bond donors (Lipinski definition) is 2. The van der Waals surface area contributed by atoms with Crippen molar-refractivity contribution in [2.45, 2.75) is 61.9 Å². The number of rotatable bonds is 7. The van der Waals surface area contributed by atoms with Crippen molar-refractivity contribution >= 4 is 51.3 Å². The fourth-order valence-corrected chi connectivity index (χ4v) is 5.79. The van der Waals surface area contributed by atoms with Crippen molar-refractivity contribution in [1.29, 1.82) is 0 Å². The monoisotopic (exact) mass is 517 g/mol. The molecule has 184 valence electrons. The molecule has 6 rings (SSSR count). The van der Waals surface area contributed by atoms with Crippen LogP contribution >= 0.6 is 0 Å². The van der Waals surface area contributed by atoms with Gasteiger partial charge >= 0.3 is 35.6 Å². The molecule has 0 unspecified atom stereocenters. The van der Waals surface area contributed by atoms with Crippen LogP contribution in [0.4, 0.5) is 10.5 Å². The zero-order chi connectivity index (χ0) is 24.2. The number of carbonyl (C=O) groups is 1. The molecular formula is C25H28N5NaO4S. The number of anilines is 1. The Hall–Kier alpha value is -2.40. The molecule has 0 spiro atoms.